The zero-order valence-corrected chi connectivity index (χ0v) is 14.5. The fourth-order valence-corrected chi connectivity index (χ4v) is 3.25. The number of nitrogens with one attached hydrogen (secondary N) is 1. The van der Waals surface area contributed by atoms with Crippen molar-refractivity contribution in [3.8, 4) is 0 Å². The van der Waals surface area contributed by atoms with Crippen LogP contribution in [0.1, 0.15) is 5.56 Å². The van der Waals surface area contributed by atoms with Crippen LogP contribution in [0.2, 0.25) is 0 Å². The van der Waals surface area contributed by atoms with E-state index in [4.69, 9.17) is 13.9 Å². The number of benzene rings is 2. The van der Waals surface area contributed by atoms with E-state index in [2.05, 4.69) is 5.32 Å². The van der Waals surface area contributed by atoms with E-state index in [1.807, 2.05) is 25.1 Å². The third-order valence-electron chi connectivity index (χ3n) is 2.80. The van der Waals surface area contributed by atoms with Crippen molar-refractivity contribution in [1.29, 1.82) is 0 Å². The van der Waals surface area contributed by atoms with Crippen LogP contribution in [0.5, 0.6) is 0 Å². The maximum atomic E-state index is 10.8. The molecular weight excluding hydrogens is 381 g/mol. The Balaban J connectivity index is 0.000000243. The fourth-order valence-electron chi connectivity index (χ4n) is 1.71. The molecule has 128 valence electrons. The van der Waals surface area contributed by atoms with Crippen molar-refractivity contribution >= 4 is 35.9 Å². The molecule has 2 aromatic rings. The number of anilines is 1. The molecule has 0 aromatic heterocycles. The molecule has 9 nitrogen and oxygen atoms in total. The predicted octanol–water partition coefficient (Wildman–Crippen LogP) is 0.641. The number of rotatable bonds is 3. The molecule has 0 saturated carbocycles. The number of para-hydroxylation sites is 2. The van der Waals surface area contributed by atoms with E-state index in [1.165, 1.54) is 12.1 Å². The van der Waals surface area contributed by atoms with E-state index in [0.29, 0.717) is 0 Å². The summed E-state index contributed by atoms with van der Waals surface area (Å²) < 4.78 is 27.9. The Morgan fingerprint density at radius 1 is 1.17 bits per heavy atom. The molecule has 2 rings (SSSR count). The molecule has 0 atom stereocenters. The van der Waals surface area contributed by atoms with Crippen molar-refractivity contribution < 1.29 is 21.6 Å². The number of nitrogens with two attached hydrogens (primary N) is 1. The van der Waals surface area contributed by atoms with E-state index < -0.39 is 35.2 Å². The van der Waals surface area contributed by atoms with Crippen molar-refractivity contribution in [3.63, 3.8) is 0 Å². The van der Waals surface area contributed by atoms with Crippen LogP contribution in [-0.4, -0.2) is 33.3 Å². The van der Waals surface area contributed by atoms with Crippen LogP contribution in [-0.2, 0) is 3.74 Å². The summed E-state index contributed by atoms with van der Waals surface area (Å²) in [5.74, 6) is 0. The Morgan fingerprint density at radius 2 is 1.71 bits per heavy atom. The van der Waals surface area contributed by atoms with Gasteiger partial charge in [0.1, 0.15) is 0 Å². The van der Waals surface area contributed by atoms with Gasteiger partial charge in [0.25, 0.3) is 0 Å². The molecular formula is C14H16AsN3O6. The molecule has 0 unspecified atom stereocenters. The van der Waals surface area contributed by atoms with Crippen molar-refractivity contribution in [1.82, 2.24) is 0 Å². The Morgan fingerprint density at radius 3 is 2.17 bits per heavy atom. The molecule has 0 heterocycles. The van der Waals surface area contributed by atoms with Gasteiger partial charge in [0.05, 0.1) is 0 Å². The van der Waals surface area contributed by atoms with E-state index in [9.17, 15) is 18.6 Å². The number of primary amides is 1. The number of amides is 2. The second kappa shape index (κ2) is 8.30. The van der Waals surface area contributed by atoms with Gasteiger partial charge >= 0.3 is 81.5 Å². The van der Waals surface area contributed by atoms with E-state index in [0.717, 1.165) is 23.4 Å². The quantitative estimate of drug-likeness (QED) is 0.338. The van der Waals surface area contributed by atoms with Crippen molar-refractivity contribution in [2.24, 2.45) is 5.73 Å². The number of nitro benzene ring substituents is 1. The first-order valence-electron chi connectivity index (χ1n) is 6.54. The van der Waals surface area contributed by atoms with Gasteiger partial charge in [0.2, 0.25) is 0 Å². The number of hydrogen-bond donors (Lipinski definition) is 4. The number of hydrogen-bond acceptors (Lipinski definition) is 4. The normalized spacial score (nSPS) is 10.3. The number of aryl methyl sites for hydroxylation is 1. The molecule has 5 N–H and O–H groups in total. The predicted molar refractivity (Wildman–Crippen MR) is 88.0 cm³/mol. The minimum absolute atomic E-state index is 0.495. The number of carbonyl (C=O) groups excluding carboxylic acids is 1. The Kier molecular flexibility index (Phi) is 6.72. The topological polar surface area (TPSA) is 156 Å². The third kappa shape index (κ3) is 5.88. The monoisotopic (exact) mass is 397 g/mol. The zero-order valence-electron chi connectivity index (χ0n) is 12.6. The molecule has 10 heteroatoms. The van der Waals surface area contributed by atoms with Crippen molar-refractivity contribution in [2.45, 2.75) is 6.92 Å². The van der Waals surface area contributed by atoms with Crippen LogP contribution in [0.3, 0.4) is 0 Å². The molecule has 0 bridgehead atoms. The van der Waals surface area contributed by atoms with Gasteiger partial charge in [0, 0.05) is 5.69 Å². The van der Waals surface area contributed by atoms with Gasteiger partial charge in [0.15, 0.2) is 0 Å². The average molecular weight is 397 g/mol. The van der Waals surface area contributed by atoms with Crippen LogP contribution >= 0.6 is 0 Å². The first kappa shape index (κ1) is 19.4. The summed E-state index contributed by atoms with van der Waals surface area (Å²) in [5, 5.41) is 12.9. The SMILES string of the molecule is Cc1ccccc1NC(N)=O.O=[N+]([O-])c1ccccc1[As](=O)(O)O. The second-order valence-corrected chi connectivity index (χ2v) is 7.89. The van der Waals surface area contributed by atoms with E-state index in [-0.39, 0.29) is 0 Å². The van der Waals surface area contributed by atoms with Gasteiger partial charge < -0.3 is 11.1 Å². The number of nitro groups is 1. The first-order chi connectivity index (χ1) is 11.1. The van der Waals surface area contributed by atoms with Crippen molar-refractivity contribution in [2.75, 3.05) is 5.32 Å². The third-order valence-corrected chi connectivity index (χ3v) is 4.91. The first-order valence-corrected chi connectivity index (χ1v) is 9.93. The molecule has 0 radical (unpaired) electrons. The Bertz CT molecular complexity index is 790. The zero-order chi connectivity index (χ0) is 18.3. The Labute approximate surface area is 140 Å². The average Bonchev–Trinajstić information content (AvgIpc) is 2.49. The van der Waals surface area contributed by atoms with Gasteiger partial charge in [-0.05, 0) is 18.6 Å². The molecule has 0 aliphatic heterocycles. The van der Waals surface area contributed by atoms with Crippen LogP contribution < -0.4 is 15.4 Å². The van der Waals surface area contributed by atoms with Gasteiger partial charge in [-0.15, -0.1) is 0 Å². The molecule has 0 saturated heterocycles. The van der Waals surface area contributed by atoms with Gasteiger partial charge in [-0.2, -0.15) is 0 Å². The van der Waals surface area contributed by atoms with E-state index >= 15 is 0 Å². The number of carbonyl (C=O) groups is 1. The van der Waals surface area contributed by atoms with E-state index in [1.54, 1.807) is 6.07 Å². The summed E-state index contributed by atoms with van der Waals surface area (Å²) in [6, 6.07) is 11.8. The molecule has 0 aliphatic carbocycles. The van der Waals surface area contributed by atoms with Crippen LogP contribution in [0.15, 0.2) is 48.5 Å². The Hall–Kier alpha value is -2.61. The van der Waals surface area contributed by atoms with Gasteiger partial charge in [-0.3, -0.25) is 0 Å². The standard InChI is InChI=1S/C8H10N2O.C6H6AsNO5/c1-6-4-2-3-5-7(6)10-8(9)11;9-7(10,11)5-3-1-2-4-6(5)8(12)13/h2-5H,1H3,(H3,9,10,11);1-4H,(H2,9,10,11). The molecule has 0 spiro atoms. The summed E-state index contributed by atoms with van der Waals surface area (Å²) in [6.07, 6.45) is 0. The van der Waals surface area contributed by atoms with Gasteiger partial charge in [-0.1, -0.05) is 18.2 Å². The summed E-state index contributed by atoms with van der Waals surface area (Å²) in [5.41, 5.74) is 6.18. The molecule has 2 aromatic carbocycles. The van der Waals surface area contributed by atoms with Crippen LogP contribution in [0.4, 0.5) is 16.2 Å². The van der Waals surface area contributed by atoms with Gasteiger partial charge in [-0.25, -0.2) is 4.79 Å². The minimum atomic E-state index is -5.17. The summed E-state index contributed by atoms with van der Waals surface area (Å²) in [7, 11) is 0. The fraction of sp³-hybridized carbons (Fsp3) is 0.0714. The molecule has 24 heavy (non-hydrogen) atoms. The van der Waals surface area contributed by atoms with Crippen molar-refractivity contribution in [3.05, 3.63) is 64.2 Å². The summed E-state index contributed by atoms with van der Waals surface area (Å²) >= 11 is -5.17. The molecule has 2 amide bonds. The second-order valence-electron chi connectivity index (χ2n) is 4.59. The molecule has 0 fully saturated rings. The summed E-state index contributed by atoms with van der Waals surface area (Å²) in [6.45, 7) is 1.91. The van der Waals surface area contributed by atoms with Crippen LogP contribution in [0.25, 0.3) is 0 Å². The number of nitrogens with zero attached hydrogens (tertiary/aromatic N) is 1. The summed E-state index contributed by atoms with van der Waals surface area (Å²) in [4.78, 5) is 20.0. The maximum absolute atomic E-state index is 10.8. The molecule has 0 aliphatic rings. The van der Waals surface area contributed by atoms with Crippen LogP contribution in [0, 0.1) is 17.0 Å². The number of urea groups is 1.